The summed E-state index contributed by atoms with van der Waals surface area (Å²) in [6.07, 6.45) is 4.03. The van der Waals surface area contributed by atoms with E-state index in [2.05, 4.69) is 29.0 Å². The SMILES string of the molecule is CNCc1ccnc(N2CC(C)CCC2C)c1F. The van der Waals surface area contributed by atoms with E-state index in [-0.39, 0.29) is 5.82 Å². The Morgan fingerprint density at radius 1 is 1.44 bits per heavy atom. The summed E-state index contributed by atoms with van der Waals surface area (Å²) in [6.45, 7) is 5.80. The van der Waals surface area contributed by atoms with Gasteiger partial charge in [0.05, 0.1) is 0 Å². The van der Waals surface area contributed by atoms with Crippen LogP contribution >= 0.6 is 0 Å². The summed E-state index contributed by atoms with van der Waals surface area (Å²) in [5.74, 6) is 0.949. The van der Waals surface area contributed by atoms with E-state index in [1.54, 1.807) is 12.3 Å². The lowest BCUT2D eigenvalue weighted by atomic mass is 9.95. The molecule has 1 saturated heterocycles. The van der Waals surface area contributed by atoms with Crippen LogP contribution in [0, 0.1) is 11.7 Å². The van der Waals surface area contributed by atoms with E-state index in [0.717, 1.165) is 13.0 Å². The lowest BCUT2D eigenvalue weighted by Crippen LogP contribution is -2.42. The van der Waals surface area contributed by atoms with Crippen molar-refractivity contribution in [2.45, 2.75) is 39.3 Å². The molecule has 0 aromatic carbocycles. The van der Waals surface area contributed by atoms with Gasteiger partial charge in [-0.25, -0.2) is 9.37 Å². The summed E-state index contributed by atoms with van der Waals surface area (Å²) in [5, 5.41) is 2.99. The number of piperidine rings is 1. The molecule has 1 aromatic heterocycles. The normalized spacial score (nSPS) is 24.3. The number of nitrogens with zero attached hydrogens (tertiary/aromatic N) is 2. The Morgan fingerprint density at radius 2 is 2.22 bits per heavy atom. The van der Waals surface area contributed by atoms with Gasteiger partial charge < -0.3 is 10.2 Å². The summed E-state index contributed by atoms with van der Waals surface area (Å²) in [7, 11) is 1.82. The Labute approximate surface area is 108 Å². The molecule has 0 saturated carbocycles. The molecule has 1 aromatic rings. The summed E-state index contributed by atoms with van der Waals surface area (Å²) in [5.41, 5.74) is 0.688. The molecule has 1 aliphatic heterocycles. The molecule has 0 bridgehead atoms. The molecule has 18 heavy (non-hydrogen) atoms. The van der Waals surface area contributed by atoms with Crippen LogP contribution in [0.2, 0.25) is 0 Å². The van der Waals surface area contributed by atoms with E-state index in [4.69, 9.17) is 0 Å². The highest BCUT2D eigenvalue weighted by Gasteiger charge is 2.26. The quantitative estimate of drug-likeness (QED) is 0.895. The molecule has 2 unspecified atom stereocenters. The maximum atomic E-state index is 14.4. The lowest BCUT2D eigenvalue weighted by Gasteiger charge is -2.38. The smallest absolute Gasteiger partial charge is 0.170 e. The van der Waals surface area contributed by atoms with Crippen LogP contribution in [0.4, 0.5) is 10.2 Å². The Bertz CT molecular complexity index is 408. The molecule has 0 amide bonds. The molecule has 100 valence electrons. The van der Waals surface area contributed by atoms with Gasteiger partial charge in [0.15, 0.2) is 11.6 Å². The predicted molar refractivity (Wildman–Crippen MR) is 72.2 cm³/mol. The van der Waals surface area contributed by atoms with Crippen LogP contribution in [0.5, 0.6) is 0 Å². The lowest BCUT2D eigenvalue weighted by molar-refractivity contribution is 0.383. The van der Waals surface area contributed by atoms with Crippen LogP contribution in [0.25, 0.3) is 0 Å². The van der Waals surface area contributed by atoms with Gasteiger partial charge in [-0.15, -0.1) is 0 Å². The van der Waals surface area contributed by atoms with E-state index >= 15 is 0 Å². The van der Waals surface area contributed by atoms with Gasteiger partial charge in [0.25, 0.3) is 0 Å². The molecule has 0 spiro atoms. The largest absolute Gasteiger partial charge is 0.351 e. The molecular weight excluding hydrogens is 229 g/mol. The second-order valence-electron chi connectivity index (χ2n) is 5.32. The average molecular weight is 251 g/mol. The fourth-order valence-electron chi connectivity index (χ4n) is 2.58. The summed E-state index contributed by atoms with van der Waals surface area (Å²) >= 11 is 0. The van der Waals surface area contributed by atoms with E-state index in [1.165, 1.54) is 6.42 Å². The van der Waals surface area contributed by atoms with Crippen LogP contribution in [0.15, 0.2) is 12.3 Å². The van der Waals surface area contributed by atoms with Gasteiger partial charge >= 0.3 is 0 Å². The van der Waals surface area contributed by atoms with Crippen LogP contribution in [0.3, 0.4) is 0 Å². The van der Waals surface area contributed by atoms with Crippen molar-refractivity contribution in [3.05, 3.63) is 23.6 Å². The molecule has 0 radical (unpaired) electrons. The maximum absolute atomic E-state index is 14.4. The second kappa shape index (κ2) is 5.65. The fraction of sp³-hybridized carbons (Fsp3) is 0.643. The minimum atomic E-state index is -0.173. The molecular formula is C14H22FN3. The third-order valence-corrected chi connectivity index (χ3v) is 3.71. The van der Waals surface area contributed by atoms with E-state index in [0.29, 0.717) is 29.9 Å². The number of hydrogen-bond donors (Lipinski definition) is 1. The standard InChI is InChI=1S/C14H22FN3/c1-10-4-5-11(2)18(9-10)14-13(15)12(8-16-3)6-7-17-14/h6-7,10-11,16H,4-5,8-9H2,1-3H3. The van der Waals surface area contributed by atoms with Gasteiger partial charge in [-0.1, -0.05) is 6.92 Å². The van der Waals surface area contributed by atoms with Crippen molar-refractivity contribution in [3.63, 3.8) is 0 Å². The minimum absolute atomic E-state index is 0.173. The van der Waals surface area contributed by atoms with Crippen molar-refractivity contribution in [2.24, 2.45) is 5.92 Å². The number of hydrogen-bond acceptors (Lipinski definition) is 3. The molecule has 2 rings (SSSR count). The molecule has 1 N–H and O–H groups in total. The molecule has 2 heterocycles. The highest BCUT2D eigenvalue weighted by atomic mass is 19.1. The van der Waals surface area contributed by atoms with Crippen molar-refractivity contribution >= 4 is 5.82 Å². The van der Waals surface area contributed by atoms with Gasteiger partial charge in [-0.05, 0) is 38.8 Å². The highest BCUT2D eigenvalue weighted by Crippen LogP contribution is 2.28. The van der Waals surface area contributed by atoms with Gasteiger partial charge in [0.1, 0.15) is 0 Å². The van der Waals surface area contributed by atoms with Crippen molar-refractivity contribution in [1.82, 2.24) is 10.3 Å². The van der Waals surface area contributed by atoms with Crippen molar-refractivity contribution in [2.75, 3.05) is 18.5 Å². The number of pyridine rings is 1. The zero-order valence-corrected chi connectivity index (χ0v) is 11.4. The Morgan fingerprint density at radius 3 is 2.94 bits per heavy atom. The van der Waals surface area contributed by atoms with E-state index in [1.807, 2.05) is 7.05 Å². The number of halogens is 1. The van der Waals surface area contributed by atoms with Gasteiger partial charge in [-0.2, -0.15) is 0 Å². The van der Waals surface area contributed by atoms with Crippen molar-refractivity contribution < 1.29 is 4.39 Å². The van der Waals surface area contributed by atoms with Crippen LogP contribution in [-0.4, -0.2) is 24.6 Å². The number of rotatable bonds is 3. The van der Waals surface area contributed by atoms with Gasteiger partial charge in [0.2, 0.25) is 0 Å². The van der Waals surface area contributed by atoms with Gasteiger partial charge in [-0.3, -0.25) is 0 Å². The zero-order chi connectivity index (χ0) is 13.1. The van der Waals surface area contributed by atoms with Gasteiger partial charge in [0, 0.05) is 30.9 Å². The first-order valence-electron chi connectivity index (χ1n) is 6.68. The molecule has 3 nitrogen and oxygen atoms in total. The number of anilines is 1. The van der Waals surface area contributed by atoms with E-state index in [9.17, 15) is 4.39 Å². The predicted octanol–water partition coefficient (Wildman–Crippen LogP) is 2.56. The van der Waals surface area contributed by atoms with Crippen LogP contribution < -0.4 is 10.2 Å². The molecule has 1 fully saturated rings. The number of aromatic nitrogens is 1. The Kier molecular flexibility index (Phi) is 4.17. The Balaban J connectivity index is 2.28. The monoisotopic (exact) mass is 251 g/mol. The average Bonchev–Trinajstić information content (AvgIpc) is 2.35. The Hall–Kier alpha value is -1.16. The summed E-state index contributed by atoms with van der Waals surface area (Å²) < 4.78 is 14.4. The van der Waals surface area contributed by atoms with Crippen LogP contribution in [-0.2, 0) is 6.54 Å². The van der Waals surface area contributed by atoms with Crippen molar-refractivity contribution in [1.29, 1.82) is 0 Å². The molecule has 1 aliphatic rings. The summed E-state index contributed by atoms with van der Waals surface area (Å²) in [4.78, 5) is 6.37. The minimum Gasteiger partial charge on any atom is -0.351 e. The number of nitrogens with one attached hydrogen (secondary N) is 1. The first kappa shape index (κ1) is 13.3. The maximum Gasteiger partial charge on any atom is 0.170 e. The topological polar surface area (TPSA) is 28.2 Å². The van der Waals surface area contributed by atoms with Crippen molar-refractivity contribution in [3.8, 4) is 0 Å². The fourth-order valence-corrected chi connectivity index (χ4v) is 2.58. The third kappa shape index (κ3) is 2.64. The molecule has 0 aliphatic carbocycles. The summed E-state index contributed by atoms with van der Waals surface area (Å²) in [6, 6.07) is 2.11. The van der Waals surface area contributed by atoms with Crippen LogP contribution in [0.1, 0.15) is 32.3 Å². The highest BCUT2D eigenvalue weighted by molar-refractivity contribution is 5.44. The molecule has 2 atom stereocenters. The second-order valence-corrected chi connectivity index (χ2v) is 5.32. The zero-order valence-electron chi connectivity index (χ0n) is 11.4. The van der Waals surface area contributed by atoms with E-state index < -0.39 is 0 Å². The molecule has 4 heteroatoms. The first-order chi connectivity index (χ1) is 8.63. The first-order valence-corrected chi connectivity index (χ1v) is 6.68. The third-order valence-electron chi connectivity index (χ3n) is 3.71.